The summed E-state index contributed by atoms with van der Waals surface area (Å²) < 4.78 is 19.0. The largest absolute Gasteiger partial charge is 0.374 e. The minimum absolute atomic E-state index is 0. The topological polar surface area (TPSA) is 48.9 Å². The number of aryl methyl sites for hydroxylation is 1. The Morgan fingerprint density at radius 2 is 2.21 bits per heavy atom. The molecule has 0 spiro atoms. The maximum Gasteiger partial charge on any atom is 0.191 e. The lowest BCUT2D eigenvalue weighted by atomic mass is 10.1. The van der Waals surface area contributed by atoms with E-state index in [0.717, 1.165) is 44.3 Å². The predicted octanol–water partition coefficient (Wildman–Crippen LogP) is 2.14. The van der Waals surface area contributed by atoms with Crippen LogP contribution in [0.15, 0.2) is 23.2 Å². The van der Waals surface area contributed by atoms with Crippen LogP contribution < -0.4 is 10.6 Å². The van der Waals surface area contributed by atoms with Gasteiger partial charge in [0.2, 0.25) is 0 Å². The van der Waals surface area contributed by atoms with Gasteiger partial charge in [0.1, 0.15) is 5.82 Å². The number of halogens is 2. The third-order valence-corrected chi connectivity index (χ3v) is 3.83. The van der Waals surface area contributed by atoms with Crippen LogP contribution in [0.4, 0.5) is 4.39 Å². The molecule has 2 rings (SSSR count). The number of hydrogen-bond acceptors (Lipinski definition) is 3. The first-order chi connectivity index (χ1) is 11.1. The molecule has 0 radical (unpaired) electrons. The summed E-state index contributed by atoms with van der Waals surface area (Å²) in [6.07, 6.45) is 0.172. The molecule has 1 aromatic carbocycles. The molecule has 1 unspecified atom stereocenters. The van der Waals surface area contributed by atoms with E-state index in [1.165, 1.54) is 6.07 Å². The van der Waals surface area contributed by atoms with E-state index in [1.54, 1.807) is 13.0 Å². The summed E-state index contributed by atoms with van der Waals surface area (Å²) in [5, 5.41) is 6.55. The Hall–Kier alpha value is -0.930. The average Bonchev–Trinajstić information content (AvgIpc) is 2.53. The Morgan fingerprint density at radius 1 is 1.42 bits per heavy atom. The highest BCUT2D eigenvalue weighted by atomic mass is 127. The number of hydrogen-bond donors (Lipinski definition) is 2. The van der Waals surface area contributed by atoms with Crippen molar-refractivity contribution in [3.8, 4) is 0 Å². The molecule has 0 saturated carbocycles. The lowest BCUT2D eigenvalue weighted by Gasteiger charge is -2.30. The fourth-order valence-electron chi connectivity index (χ4n) is 2.52. The summed E-state index contributed by atoms with van der Waals surface area (Å²) in [4.78, 5) is 6.83. The first kappa shape index (κ1) is 21.1. The molecule has 1 aliphatic rings. The molecule has 0 bridgehead atoms. The molecule has 0 amide bonds. The summed E-state index contributed by atoms with van der Waals surface area (Å²) in [6.45, 7) is 8.50. The number of morpholine rings is 1. The van der Waals surface area contributed by atoms with Crippen molar-refractivity contribution < 1.29 is 9.13 Å². The van der Waals surface area contributed by atoms with E-state index in [2.05, 4.69) is 27.6 Å². The molecule has 1 aliphatic heterocycles. The number of nitrogens with one attached hydrogen (secondary N) is 2. The van der Waals surface area contributed by atoms with E-state index in [9.17, 15) is 4.39 Å². The fourth-order valence-corrected chi connectivity index (χ4v) is 2.52. The standard InChI is InChI=1S/C17H27FN4O.HI/c1-4-19-17(21-11-15-12-22(3)7-8-23-15)20-10-14-5-6-16(18)13(2)9-14;/h5-6,9,15H,4,7-8,10-12H2,1-3H3,(H2,19,20,21);1H. The van der Waals surface area contributed by atoms with Crippen LogP contribution in [0.1, 0.15) is 18.1 Å². The molecule has 1 saturated heterocycles. The molecule has 0 aliphatic carbocycles. The summed E-state index contributed by atoms with van der Waals surface area (Å²) in [7, 11) is 2.10. The molecule has 5 nitrogen and oxygen atoms in total. The monoisotopic (exact) mass is 450 g/mol. The molecule has 1 atom stereocenters. The van der Waals surface area contributed by atoms with Crippen molar-refractivity contribution >= 4 is 29.9 Å². The van der Waals surface area contributed by atoms with Gasteiger partial charge in [0, 0.05) is 26.2 Å². The van der Waals surface area contributed by atoms with Crippen molar-refractivity contribution in [1.82, 2.24) is 15.5 Å². The third-order valence-electron chi connectivity index (χ3n) is 3.83. The predicted molar refractivity (Wildman–Crippen MR) is 107 cm³/mol. The zero-order valence-electron chi connectivity index (χ0n) is 14.6. The molecule has 1 fully saturated rings. The van der Waals surface area contributed by atoms with Crippen LogP contribution in [-0.2, 0) is 11.3 Å². The number of ether oxygens (including phenoxy) is 1. The highest BCUT2D eigenvalue weighted by Gasteiger charge is 2.17. The number of benzene rings is 1. The second kappa shape index (κ2) is 10.8. The summed E-state index contributed by atoms with van der Waals surface area (Å²) >= 11 is 0. The van der Waals surface area contributed by atoms with Gasteiger partial charge in [-0.25, -0.2) is 9.38 Å². The number of likely N-dealkylation sites (N-methyl/N-ethyl adjacent to an activating group) is 1. The Morgan fingerprint density at radius 3 is 2.88 bits per heavy atom. The van der Waals surface area contributed by atoms with Gasteiger partial charge in [-0.3, -0.25) is 0 Å². The lowest BCUT2D eigenvalue weighted by molar-refractivity contribution is -0.0161. The molecule has 7 heteroatoms. The second-order valence-corrected chi connectivity index (χ2v) is 5.91. The van der Waals surface area contributed by atoms with Crippen molar-refractivity contribution in [2.45, 2.75) is 26.5 Å². The highest BCUT2D eigenvalue weighted by molar-refractivity contribution is 14.0. The number of nitrogens with zero attached hydrogens (tertiary/aromatic N) is 2. The SMILES string of the molecule is CCNC(=NCc1ccc(F)c(C)c1)NCC1CN(C)CCO1.I. The molecule has 2 N–H and O–H groups in total. The van der Waals surface area contributed by atoms with Crippen LogP contribution in [0.25, 0.3) is 0 Å². The summed E-state index contributed by atoms with van der Waals surface area (Å²) in [5.41, 5.74) is 1.64. The van der Waals surface area contributed by atoms with Gasteiger partial charge in [0.05, 0.1) is 19.3 Å². The van der Waals surface area contributed by atoms with Gasteiger partial charge in [0.15, 0.2) is 5.96 Å². The van der Waals surface area contributed by atoms with Crippen LogP contribution >= 0.6 is 24.0 Å². The van der Waals surface area contributed by atoms with Gasteiger partial charge in [-0.15, -0.1) is 24.0 Å². The van der Waals surface area contributed by atoms with E-state index in [0.29, 0.717) is 12.1 Å². The molecule has 24 heavy (non-hydrogen) atoms. The van der Waals surface area contributed by atoms with E-state index in [1.807, 2.05) is 13.0 Å². The zero-order valence-corrected chi connectivity index (χ0v) is 17.0. The Labute approximate surface area is 161 Å². The van der Waals surface area contributed by atoms with Crippen LogP contribution in [-0.4, -0.2) is 56.8 Å². The Bertz CT molecular complexity index is 541. The van der Waals surface area contributed by atoms with Gasteiger partial charge in [-0.05, 0) is 38.1 Å². The molecule has 1 heterocycles. The Kier molecular flexibility index (Phi) is 9.53. The normalized spacial score (nSPS) is 18.8. The van der Waals surface area contributed by atoms with Gasteiger partial charge < -0.3 is 20.3 Å². The highest BCUT2D eigenvalue weighted by Crippen LogP contribution is 2.10. The van der Waals surface area contributed by atoms with Crippen molar-refractivity contribution in [3.63, 3.8) is 0 Å². The van der Waals surface area contributed by atoms with Crippen LogP contribution in [0.3, 0.4) is 0 Å². The minimum Gasteiger partial charge on any atom is -0.374 e. The van der Waals surface area contributed by atoms with Crippen LogP contribution in [0, 0.1) is 12.7 Å². The summed E-state index contributed by atoms with van der Waals surface area (Å²) in [6, 6.07) is 5.10. The van der Waals surface area contributed by atoms with E-state index < -0.39 is 0 Å². The van der Waals surface area contributed by atoms with Crippen LogP contribution in [0.5, 0.6) is 0 Å². The zero-order chi connectivity index (χ0) is 16.7. The fraction of sp³-hybridized carbons (Fsp3) is 0.588. The van der Waals surface area contributed by atoms with Crippen molar-refractivity contribution in [2.75, 3.05) is 39.8 Å². The first-order valence-corrected chi connectivity index (χ1v) is 8.16. The quantitative estimate of drug-likeness (QED) is 0.410. The Balaban J connectivity index is 0.00000288. The first-order valence-electron chi connectivity index (χ1n) is 8.16. The smallest absolute Gasteiger partial charge is 0.191 e. The van der Waals surface area contributed by atoms with Crippen molar-refractivity contribution in [3.05, 3.63) is 35.1 Å². The third kappa shape index (κ3) is 6.90. The number of aliphatic imine (C=N–C) groups is 1. The van der Waals surface area contributed by atoms with Crippen LogP contribution in [0.2, 0.25) is 0 Å². The van der Waals surface area contributed by atoms with Gasteiger partial charge in [0.25, 0.3) is 0 Å². The maximum absolute atomic E-state index is 13.3. The van der Waals surface area contributed by atoms with Gasteiger partial charge >= 0.3 is 0 Å². The molecule has 0 aromatic heterocycles. The second-order valence-electron chi connectivity index (χ2n) is 5.91. The molecular weight excluding hydrogens is 422 g/mol. The molecule has 136 valence electrons. The average molecular weight is 450 g/mol. The minimum atomic E-state index is -0.179. The molecule has 1 aromatic rings. The van der Waals surface area contributed by atoms with Gasteiger partial charge in [-0.2, -0.15) is 0 Å². The molecular formula is C17H28FIN4O. The van der Waals surface area contributed by atoms with Crippen molar-refractivity contribution in [2.24, 2.45) is 4.99 Å². The van der Waals surface area contributed by atoms with Crippen molar-refractivity contribution in [1.29, 1.82) is 0 Å². The summed E-state index contributed by atoms with van der Waals surface area (Å²) in [5.74, 6) is 0.577. The number of rotatable bonds is 5. The lowest BCUT2D eigenvalue weighted by Crippen LogP contribution is -2.48. The van der Waals surface area contributed by atoms with E-state index in [-0.39, 0.29) is 35.9 Å². The maximum atomic E-state index is 13.3. The van der Waals surface area contributed by atoms with E-state index >= 15 is 0 Å². The van der Waals surface area contributed by atoms with Gasteiger partial charge in [-0.1, -0.05) is 12.1 Å². The van der Waals surface area contributed by atoms with E-state index in [4.69, 9.17) is 4.74 Å². The number of guanidine groups is 1.